The Morgan fingerprint density at radius 2 is 1.92 bits per heavy atom. The molecule has 4 rings (SSSR count). The Hall–Kier alpha value is -0.860. The summed E-state index contributed by atoms with van der Waals surface area (Å²) in [7, 11) is 0. The van der Waals surface area contributed by atoms with Crippen LogP contribution in [0.4, 0.5) is 0 Å². The molecule has 2 aromatic carbocycles. The number of hydrogen-bond donors (Lipinski definition) is 1. The van der Waals surface area contributed by atoms with Crippen molar-refractivity contribution in [3.63, 3.8) is 0 Å². The van der Waals surface area contributed by atoms with Gasteiger partial charge in [-0.15, -0.1) is 10.2 Å². The number of carbonyl (C=O) groups is 1. The van der Waals surface area contributed by atoms with E-state index in [4.69, 9.17) is 5.11 Å². The number of thioether (sulfide) groups is 1. The molecule has 0 bridgehead atoms. The first-order valence-electron chi connectivity index (χ1n) is 7.62. The number of aliphatic carboxylic acids is 1. The molecule has 0 amide bonds. The Morgan fingerprint density at radius 1 is 1.20 bits per heavy atom. The van der Waals surface area contributed by atoms with Crippen LogP contribution in [0, 0.1) is 0 Å². The molecule has 1 saturated carbocycles. The number of nitrogens with zero attached hydrogens (tertiary/aromatic N) is 3. The van der Waals surface area contributed by atoms with Gasteiger partial charge in [-0.1, -0.05) is 42.1 Å². The predicted octanol–water partition coefficient (Wildman–Crippen LogP) is 3.86. The number of halogens is 1. The summed E-state index contributed by atoms with van der Waals surface area (Å²) in [5, 5.41) is 20.0. The van der Waals surface area contributed by atoms with Gasteiger partial charge in [0.15, 0.2) is 5.16 Å². The SMILES string of the molecule is O=C(O)CSc1nnc(Br)n1-c1ccc(C2CC2)c2ccccc12.[Na]. The van der Waals surface area contributed by atoms with Crippen LogP contribution in [0.1, 0.15) is 24.3 Å². The third kappa shape index (κ3) is 3.80. The van der Waals surface area contributed by atoms with Crippen molar-refractivity contribution in [2.75, 3.05) is 5.75 Å². The molecule has 8 heteroatoms. The van der Waals surface area contributed by atoms with Crippen LogP contribution < -0.4 is 0 Å². The van der Waals surface area contributed by atoms with Crippen LogP contribution in [0.25, 0.3) is 16.5 Å². The minimum Gasteiger partial charge on any atom is -0.481 e. The molecule has 25 heavy (non-hydrogen) atoms. The third-order valence-corrected chi connectivity index (χ3v) is 5.54. The summed E-state index contributed by atoms with van der Waals surface area (Å²) in [5.74, 6) is -0.266. The molecule has 1 aliphatic rings. The largest absolute Gasteiger partial charge is 0.481 e. The van der Waals surface area contributed by atoms with Crippen LogP contribution in [-0.2, 0) is 4.79 Å². The van der Waals surface area contributed by atoms with Gasteiger partial charge in [0.1, 0.15) is 0 Å². The quantitative estimate of drug-likeness (QED) is 0.495. The molecule has 1 aromatic heterocycles. The van der Waals surface area contributed by atoms with Crippen molar-refractivity contribution in [1.82, 2.24) is 14.8 Å². The summed E-state index contributed by atoms with van der Waals surface area (Å²) in [6.45, 7) is 0. The summed E-state index contributed by atoms with van der Waals surface area (Å²) in [6.07, 6.45) is 2.50. The van der Waals surface area contributed by atoms with Crippen LogP contribution in [0.5, 0.6) is 0 Å². The van der Waals surface area contributed by atoms with Gasteiger partial charge in [0.05, 0.1) is 11.4 Å². The van der Waals surface area contributed by atoms with Gasteiger partial charge in [-0.3, -0.25) is 9.36 Å². The van der Waals surface area contributed by atoms with Gasteiger partial charge >= 0.3 is 5.97 Å². The molecule has 0 atom stereocenters. The normalized spacial score (nSPS) is 13.6. The average molecular weight is 427 g/mol. The van der Waals surface area contributed by atoms with Gasteiger partial charge in [-0.05, 0) is 51.7 Å². The van der Waals surface area contributed by atoms with Crippen LogP contribution in [0.3, 0.4) is 0 Å². The van der Waals surface area contributed by atoms with E-state index in [1.807, 2.05) is 10.6 Å². The Labute approximate surface area is 179 Å². The van der Waals surface area contributed by atoms with E-state index in [0.717, 1.165) is 22.8 Å². The zero-order valence-electron chi connectivity index (χ0n) is 13.6. The second kappa shape index (κ2) is 7.80. The first kappa shape index (κ1) is 18.9. The zero-order chi connectivity index (χ0) is 16.7. The van der Waals surface area contributed by atoms with Gasteiger partial charge in [0, 0.05) is 34.9 Å². The standard InChI is InChI=1S/C17H14BrN3O2S.Na/c18-16-19-20-17(24-9-15(22)23)21(16)14-8-7-11(10-5-6-10)12-3-1-2-4-13(12)14;/h1-4,7-8,10H,5-6,9H2,(H,22,23);. The van der Waals surface area contributed by atoms with Crippen molar-refractivity contribution in [3.05, 3.63) is 46.7 Å². The van der Waals surface area contributed by atoms with Crippen LogP contribution in [-0.4, -0.2) is 61.2 Å². The van der Waals surface area contributed by atoms with Crippen molar-refractivity contribution >= 4 is 74.0 Å². The van der Waals surface area contributed by atoms with Gasteiger partial charge in [-0.25, -0.2) is 0 Å². The van der Waals surface area contributed by atoms with E-state index >= 15 is 0 Å². The van der Waals surface area contributed by atoms with E-state index < -0.39 is 5.97 Å². The number of fused-ring (bicyclic) bond motifs is 1. The molecule has 0 spiro atoms. The van der Waals surface area contributed by atoms with Crippen LogP contribution in [0.2, 0.25) is 0 Å². The van der Waals surface area contributed by atoms with E-state index in [2.05, 4.69) is 56.5 Å². The number of rotatable bonds is 5. The number of benzene rings is 2. The molecule has 0 saturated heterocycles. The Bertz CT molecular complexity index is 943. The van der Waals surface area contributed by atoms with Gasteiger partial charge in [0.25, 0.3) is 0 Å². The van der Waals surface area contributed by atoms with E-state index in [-0.39, 0.29) is 35.3 Å². The van der Waals surface area contributed by atoms with Crippen molar-refractivity contribution < 1.29 is 9.90 Å². The number of carboxylic acid groups (broad SMARTS) is 1. The monoisotopic (exact) mass is 426 g/mol. The Balaban J connectivity index is 0.00000182. The number of hydrogen-bond acceptors (Lipinski definition) is 4. The maximum Gasteiger partial charge on any atom is 0.313 e. The smallest absolute Gasteiger partial charge is 0.313 e. The minimum atomic E-state index is -0.875. The molecular weight excluding hydrogens is 413 g/mol. The van der Waals surface area contributed by atoms with Crippen molar-refractivity contribution in [3.8, 4) is 5.69 Å². The summed E-state index contributed by atoms with van der Waals surface area (Å²) in [6, 6.07) is 12.6. The molecule has 1 aliphatic carbocycles. The summed E-state index contributed by atoms with van der Waals surface area (Å²) in [5.41, 5.74) is 2.35. The Morgan fingerprint density at radius 3 is 2.60 bits per heavy atom. The second-order valence-electron chi connectivity index (χ2n) is 5.76. The van der Waals surface area contributed by atoms with E-state index in [9.17, 15) is 4.79 Å². The van der Waals surface area contributed by atoms with E-state index in [1.54, 1.807) is 0 Å². The first-order valence-corrected chi connectivity index (χ1v) is 9.40. The van der Waals surface area contributed by atoms with Crippen molar-refractivity contribution in [2.24, 2.45) is 0 Å². The zero-order valence-corrected chi connectivity index (χ0v) is 18.0. The third-order valence-electron chi connectivity index (χ3n) is 4.11. The fourth-order valence-electron chi connectivity index (χ4n) is 2.93. The summed E-state index contributed by atoms with van der Waals surface area (Å²) < 4.78 is 2.44. The molecule has 1 heterocycles. The summed E-state index contributed by atoms with van der Waals surface area (Å²) >= 11 is 4.60. The number of carboxylic acids is 1. The van der Waals surface area contributed by atoms with E-state index in [0.29, 0.717) is 15.8 Å². The molecular formula is C17H14BrN3NaO2S. The van der Waals surface area contributed by atoms with Crippen LogP contribution in [0.15, 0.2) is 46.3 Å². The molecule has 5 nitrogen and oxygen atoms in total. The van der Waals surface area contributed by atoms with Crippen molar-refractivity contribution in [2.45, 2.75) is 23.9 Å². The van der Waals surface area contributed by atoms with Crippen molar-refractivity contribution in [1.29, 1.82) is 0 Å². The fourth-order valence-corrected chi connectivity index (χ4v) is 4.15. The maximum absolute atomic E-state index is 10.9. The summed E-state index contributed by atoms with van der Waals surface area (Å²) in [4.78, 5) is 10.9. The van der Waals surface area contributed by atoms with Crippen LogP contribution >= 0.6 is 27.7 Å². The molecule has 1 fully saturated rings. The molecule has 0 aliphatic heterocycles. The Kier molecular flexibility index (Phi) is 5.90. The predicted molar refractivity (Wildman–Crippen MR) is 103 cm³/mol. The second-order valence-corrected chi connectivity index (χ2v) is 7.41. The molecule has 1 radical (unpaired) electrons. The van der Waals surface area contributed by atoms with Gasteiger partial charge in [-0.2, -0.15) is 0 Å². The van der Waals surface area contributed by atoms with Gasteiger partial charge in [0.2, 0.25) is 4.73 Å². The molecule has 3 aromatic rings. The van der Waals surface area contributed by atoms with E-state index in [1.165, 1.54) is 23.8 Å². The fraction of sp³-hybridized carbons (Fsp3) is 0.235. The molecule has 123 valence electrons. The molecule has 0 unspecified atom stereocenters. The average Bonchev–Trinajstić information content (AvgIpc) is 3.35. The molecule has 1 N–H and O–H groups in total. The topological polar surface area (TPSA) is 68.0 Å². The minimum absolute atomic E-state index is 0. The maximum atomic E-state index is 10.9. The van der Waals surface area contributed by atoms with Gasteiger partial charge < -0.3 is 5.11 Å². The first-order chi connectivity index (χ1) is 11.6. The number of aromatic nitrogens is 3.